The summed E-state index contributed by atoms with van der Waals surface area (Å²) in [6.45, 7) is 12.4. The highest BCUT2D eigenvalue weighted by Crippen LogP contribution is 2.18. The fourth-order valence-electron chi connectivity index (χ4n) is 2.42. The van der Waals surface area contributed by atoms with Gasteiger partial charge in [0.15, 0.2) is 0 Å². The molecule has 2 heterocycles. The minimum Gasteiger partial charge on any atom is -0.383 e. The van der Waals surface area contributed by atoms with E-state index in [2.05, 4.69) is 34.7 Å². The van der Waals surface area contributed by atoms with Crippen molar-refractivity contribution in [3.8, 4) is 0 Å². The first-order valence-corrected chi connectivity index (χ1v) is 7.42. The van der Waals surface area contributed by atoms with Gasteiger partial charge in [-0.3, -0.25) is 4.90 Å². The average molecular weight is 278 g/mol. The Hall–Kier alpha value is -1.20. The quantitative estimate of drug-likeness (QED) is 0.819. The Labute approximate surface area is 122 Å². The molecule has 0 saturated carbocycles. The van der Waals surface area contributed by atoms with E-state index in [0.717, 1.165) is 56.7 Å². The van der Waals surface area contributed by atoms with E-state index in [1.165, 1.54) is 0 Å². The van der Waals surface area contributed by atoms with E-state index in [-0.39, 0.29) is 0 Å². The van der Waals surface area contributed by atoms with Gasteiger partial charge in [-0.1, -0.05) is 13.8 Å². The Balaban J connectivity index is 1.99. The van der Waals surface area contributed by atoms with Crippen molar-refractivity contribution in [2.24, 2.45) is 0 Å². The second-order valence-electron chi connectivity index (χ2n) is 5.70. The zero-order chi connectivity index (χ0) is 14.5. The van der Waals surface area contributed by atoms with Crippen LogP contribution >= 0.6 is 0 Å². The molecule has 0 N–H and O–H groups in total. The van der Waals surface area contributed by atoms with Crippen LogP contribution in [0.5, 0.6) is 0 Å². The average Bonchev–Trinajstić information content (AvgIpc) is 2.45. The molecule has 20 heavy (non-hydrogen) atoms. The highest BCUT2D eigenvalue weighted by atomic mass is 16.5. The third kappa shape index (κ3) is 3.90. The summed E-state index contributed by atoms with van der Waals surface area (Å²) < 4.78 is 5.14. The molecule has 0 atom stereocenters. The number of piperazine rings is 1. The fourth-order valence-corrected chi connectivity index (χ4v) is 2.42. The van der Waals surface area contributed by atoms with Gasteiger partial charge in [0.2, 0.25) is 0 Å². The van der Waals surface area contributed by atoms with Crippen molar-refractivity contribution in [3.05, 3.63) is 17.6 Å². The minimum atomic E-state index is 0.372. The molecule has 112 valence electrons. The Morgan fingerprint density at radius 1 is 1.20 bits per heavy atom. The molecule has 1 fully saturated rings. The van der Waals surface area contributed by atoms with Crippen molar-refractivity contribution in [3.63, 3.8) is 0 Å². The summed E-state index contributed by atoms with van der Waals surface area (Å²) in [4.78, 5) is 14.0. The van der Waals surface area contributed by atoms with Crippen molar-refractivity contribution in [1.82, 2.24) is 14.9 Å². The van der Waals surface area contributed by atoms with Gasteiger partial charge in [0.05, 0.1) is 6.61 Å². The molecule has 0 spiro atoms. The lowest BCUT2D eigenvalue weighted by Gasteiger charge is -2.35. The summed E-state index contributed by atoms with van der Waals surface area (Å²) in [6, 6.07) is 2.09. The maximum Gasteiger partial charge on any atom is 0.133 e. The van der Waals surface area contributed by atoms with Crippen LogP contribution in [0.25, 0.3) is 0 Å². The summed E-state index contributed by atoms with van der Waals surface area (Å²) in [5.74, 6) is 2.39. The van der Waals surface area contributed by atoms with Crippen LogP contribution in [0.1, 0.15) is 31.3 Å². The molecular formula is C15H26N4O. The lowest BCUT2D eigenvalue weighted by molar-refractivity contribution is 0.144. The number of aryl methyl sites for hydroxylation is 1. The highest BCUT2D eigenvalue weighted by molar-refractivity contribution is 5.40. The molecule has 1 aromatic heterocycles. The second kappa shape index (κ2) is 6.99. The zero-order valence-electron chi connectivity index (χ0n) is 13.1. The molecule has 0 amide bonds. The number of methoxy groups -OCH3 is 1. The maximum atomic E-state index is 5.14. The van der Waals surface area contributed by atoms with Crippen LogP contribution in [0, 0.1) is 6.92 Å². The summed E-state index contributed by atoms with van der Waals surface area (Å²) >= 11 is 0. The standard InChI is InChI=1S/C15H26N4O/c1-12(2)15-16-13(3)11-14(17-15)19-7-5-18(6-8-19)9-10-20-4/h11-12H,5-10H2,1-4H3. The molecular weight excluding hydrogens is 252 g/mol. The van der Waals surface area contributed by atoms with Crippen molar-refractivity contribution in [2.45, 2.75) is 26.7 Å². The molecule has 2 rings (SSSR count). The smallest absolute Gasteiger partial charge is 0.133 e. The van der Waals surface area contributed by atoms with Crippen molar-refractivity contribution in [1.29, 1.82) is 0 Å². The lowest BCUT2D eigenvalue weighted by atomic mass is 10.2. The van der Waals surface area contributed by atoms with Gasteiger partial charge in [0.1, 0.15) is 11.6 Å². The zero-order valence-corrected chi connectivity index (χ0v) is 13.1. The van der Waals surface area contributed by atoms with Gasteiger partial charge in [0.25, 0.3) is 0 Å². The van der Waals surface area contributed by atoms with E-state index in [9.17, 15) is 0 Å². The normalized spacial score (nSPS) is 16.9. The molecule has 0 unspecified atom stereocenters. The first-order valence-electron chi connectivity index (χ1n) is 7.42. The Morgan fingerprint density at radius 2 is 1.90 bits per heavy atom. The molecule has 0 aromatic carbocycles. The number of rotatable bonds is 5. The second-order valence-corrected chi connectivity index (χ2v) is 5.70. The Bertz CT molecular complexity index is 428. The van der Waals surface area contributed by atoms with Crippen LogP contribution < -0.4 is 4.90 Å². The summed E-state index contributed by atoms with van der Waals surface area (Å²) in [5.41, 5.74) is 1.06. The third-order valence-corrected chi connectivity index (χ3v) is 3.68. The lowest BCUT2D eigenvalue weighted by Crippen LogP contribution is -2.47. The molecule has 1 aromatic rings. The SMILES string of the molecule is COCCN1CCN(c2cc(C)nc(C(C)C)n2)CC1. The van der Waals surface area contributed by atoms with Gasteiger partial charge in [-0.25, -0.2) is 9.97 Å². The van der Waals surface area contributed by atoms with E-state index < -0.39 is 0 Å². The molecule has 5 heteroatoms. The first kappa shape index (κ1) is 15.2. The van der Waals surface area contributed by atoms with Gasteiger partial charge >= 0.3 is 0 Å². The number of hydrogen-bond donors (Lipinski definition) is 0. The Kier molecular flexibility index (Phi) is 5.31. The van der Waals surface area contributed by atoms with E-state index in [4.69, 9.17) is 9.72 Å². The molecule has 1 aliphatic heterocycles. The summed E-state index contributed by atoms with van der Waals surface area (Å²) in [7, 11) is 1.76. The van der Waals surface area contributed by atoms with Gasteiger partial charge in [-0.05, 0) is 6.92 Å². The minimum absolute atomic E-state index is 0.372. The third-order valence-electron chi connectivity index (χ3n) is 3.68. The molecule has 1 aliphatic rings. The van der Waals surface area contributed by atoms with E-state index in [1.807, 2.05) is 6.92 Å². The monoisotopic (exact) mass is 278 g/mol. The van der Waals surface area contributed by atoms with Gasteiger partial charge in [-0.2, -0.15) is 0 Å². The van der Waals surface area contributed by atoms with Crippen LogP contribution in [0.3, 0.4) is 0 Å². The van der Waals surface area contributed by atoms with Crippen LogP contribution in [-0.4, -0.2) is 61.3 Å². The van der Waals surface area contributed by atoms with E-state index in [0.29, 0.717) is 5.92 Å². The van der Waals surface area contributed by atoms with Crippen LogP contribution in [-0.2, 0) is 4.74 Å². The molecule has 0 bridgehead atoms. The fraction of sp³-hybridized carbons (Fsp3) is 0.733. The van der Waals surface area contributed by atoms with Crippen LogP contribution in [0.2, 0.25) is 0 Å². The number of hydrogen-bond acceptors (Lipinski definition) is 5. The number of nitrogens with zero attached hydrogens (tertiary/aromatic N) is 4. The van der Waals surface area contributed by atoms with Crippen LogP contribution in [0.15, 0.2) is 6.07 Å². The molecule has 5 nitrogen and oxygen atoms in total. The maximum absolute atomic E-state index is 5.14. The highest BCUT2D eigenvalue weighted by Gasteiger charge is 2.19. The summed E-state index contributed by atoms with van der Waals surface area (Å²) in [6.07, 6.45) is 0. The van der Waals surface area contributed by atoms with Crippen LogP contribution in [0.4, 0.5) is 5.82 Å². The largest absolute Gasteiger partial charge is 0.383 e. The van der Waals surface area contributed by atoms with Crippen molar-refractivity contribution >= 4 is 5.82 Å². The topological polar surface area (TPSA) is 41.5 Å². The summed E-state index contributed by atoms with van der Waals surface area (Å²) in [5, 5.41) is 0. The first-order chi connectivity index (χ1) is 9.60. The predicted octanol–water partition coefficient (Wildman–Crippen LogP) is 1.68. The number of aromatic nitrogens is 2. The van der Waals surface area contributed by atoms with E-state index >= 15 is 0 Å². The predicted molar refractivity (Wildman–Crippen MR) is 81.4 cm³/mol. The number of anilines is 1. The Morgan fingerprint density at radius 3 is 2.50 bits per heavy atom. The molecule has 0 aliphatic carbocycles. The van der Waals surface area contributed by atoms with Crippen molar-refractivity contribution < 1.29 is 4.74 Å². The van der Waals surface area contributed by atoms with Gasteiger partial charge in [0, 0.05) is 57.5 Å². The van der Waals surface area contributed by atoms with Gasteiger partial charge in [-0.15, -0.1) is 0 Å². The molecule has 1 saturated heterocycles. The van der Waals surface area contributed by atoms with E-state index in [1.54, 1.807) is 7.11 Å². The van der Waals surface area contributed by atoms with Gasteiger partial charge < -0.3 is 9.64 Å². The van der Waals surface area contributed by atoms with Crippen molar-refractivity contribution in [2.75, 3.05) is 51.3 Å². The molecule has 0 radical (unpaired) electrons. The number of ether oxygens (including phenoxy) is 1.